The molecule has 1 rings (SSSR count). The summed E-state index contributed by atoms with van der Waals surface area (Å²) in [4.78, 5) is 22.9. The average Bonchev–Trinajstić information content (AvgIpc) is 2.81. The van der Waals surface area contributed by atoms with Crippen LogP contribution in [-0.2, 0) is 9.59 Å². The van der Waals surface area contributed by atoms with E-state index >= 15 is 0 Å². The van der Waals surface area contributed by atoms with Crippen molar-refractivity contribution in [2.45, 2.75) is 26.8 Å². The molecule has 1 amide bonds. The molecule has 0 aromatic carbocycles. The number of rotatable bonds is 6. The number of carbonyl (C=O) groups is 2. The van der Waals surface area contributed by atoms with Crippen molar-refractivity contribution < 1.29 is 19.2 Å². The zero-order valence-electron chi connectivity index (χ0n) is 11.9. The number of nitriles is 1. The van der Waals surface area contributed by atoms with Crippen molar-refractivity contribution in [2.24, 2.45) is 5.92 Å². The minimum Gasteiger partial charge on any atom is -0.480 e. The minimum absolute atomic E-state index is 0.262. The Morgan fingerprint density at radius 3 is 2.62 bits per heavy atom. The van der Waals surface area contributed by atoms with E-state index in [9.17, 15) is 9.59 Å². The molecular formula is C13H16N4O4. The summed E-state index contributed by atoms with van der Waals surface area (Å²) in [5, 5.41) is 26.5. The summed E-state index contributed by atoms with van der Waals surface area (Å²) >= 11 is 0. The first-order valence-corrected chi connectivity index (χ1v) is 6.19. The Labute approximate surface area is 121 Å². The van der Waals surface area contributed by atoms with Crippen LogP contribution < -0.4 is 10.6 Å². The molecule has 21 heavy (non-hydrogen) atoms. The van der Waals surface area contributed by atoms with Gasteiger partial charge in [0, 0.05) is 12.3 Å². The molecule has 8 heteroatoms. The molecule has 0 saturated heterocycles. The lowest BCUT2D eigenvalue weighted by Gasteiger charge is -2.17. The minimum atomic E-state index is -1.16. The molecule has 1 aromatic rings. The number of carboxylic acid groups (broad SMARTS) is 1. The van der Waals surface area contributed by atoms with Crippen LogP contribution in [0.25, 0.3) is 0 Å². The molecule has 1 aromatic heterocycles. The molecule has 112 valence electrons. The number of aryl methyl sites for hydroxylation is 1. The first kappa shape index (κ1) is 16.2. The fourth-order valence-electron chi connectivity index (χ4n) is 1.46. The number of amides is 1. The lowest BCUT2D eigenvalue weighted by Crippen LogP contribution is -2.44. The topological polar surface area (TPSA) is 128 Å². The number of nitrogens with zero attached hydrogens (tertiary/aromatic N) is 2. The van der Waals surface area contributed by atoms with Crippen LogP contribution in [0.3, 0.4) is 0 Å². The van der Waals surface area contributed by atoms with Crippen LogP contribution in [0.15, 0.2) is 22.4 Å². The van der Waals surface area contributed by atoms with E-state index in [1.165, 1.54) is 0 Å². The number of nitrogens with one attached hydrogen (secondary N) is 2. The largest absolute Gasteiger partial charge is 0.480 e. The van der Waals surface area contributed by atoms with Crippen LogP contribution >= 0.6 is 0 Å². The van der Waals surface area contributed by atoms with E-state index in [0.717, 1.165) is 6.20 Å². The number of carbonyl (C=O) groups excluding carboxylic acids is 1. The fraction of sp³-hybridized carbons (Fsp3) is 0.385. The molecule has 0 bridgehead atoms. The molecule has 0 spiro atoms. The smallest absolute Gasteiger partial charge is 0.326 e. The molecular weight excluding hydrogens is 276 g/mol. The summed E-state index contributed by atoms with van der Waals surface area (Å²) < 4.78 is 4.82. The van der Waals surface area contributed by atoms with Gasteiger partial charge in [0.15, 0.2) is 5.82 Å². The summed E-state index contributed by atoms with van der Waals surface area (Å²) in [6, 6.07) is 2.21. The second-order valence-corrected chi connectivity index (χ2v) is 4.67. The highest BCUT2D eigenvalue weighted by Gasteiger charge is 2.24. The van der Waals surface area contributed by atoms with Crippen molar-refractivity contribution in [3.63, 3.8) is 0 Å². The lowest BCUT2D eigenvalue weighted by molar-refractivity contribution is -0.142. The van der Waals surface area contributed by atoms with Gasteiger partial charge in [-0.25, -0.2) is 4.79 Å². The quantitative estimate of drug-likeness (QED) is 0.527. The molecule has 8 nitrogen and oxygen atoms in total. The fourth-order valence-corrected chi connectivity index (χ4v) is 1.46. The highest BCUT2D eigenvalue weighted by atomic mass is 16.5. The van der Waals surface area contributed by atoms with Gasteiger partial charge in [-0.1, -0.05) is 19.0 Å². The first-order chi connectivity index (χ1) is 9.85. The standard InChI is InChI=1S/C13H16N4O4/c1-7(2)11(13(19)20)16-12(18)9(5-14)6-15-10-4-8(3)21-17-10/h4,6-7,11H,1-3H3,(H,15,17)(H,16,18)(H,19,20)/b9-6-. The van der Waals surface area contributed by atoms with E-state index in [0.29, 0.717) is 11.6 Å². The number of carboxylic acids is 1. The van der Waals surface area contributed by atoms with Crippen molar-refractivity contribution in [3.8, 4) is 6.07 Å². The monoisotopic (exact) mass is 292 g/mol. The van der Waals surface area contributed by atoms with Gasteiger partial charge in [0.1, 0.15) is 23.4 Å². The van der Waals surface area contributed by atoms with E-state index in [2.05, 4.69) is 15.8 Å². The zero-order chi connectivity index (χ0) is 16.0. The van der Waals surface area contributed by atoms with E-state index in [1.54, 1.807) is 32.9 Å². The van der Waals surface area contributed by atoms with Crippen molar-refractivity contribution in [1.29, 1.82) is 5.26 Å². The van der Waals surface area contributed by atoms with Crippen LogP contribution in [0.5, 0.6) is 0 Å². The van der Waals surface area contributed by atoms with Gasteiger partial charge >= 0.3 is 5.97 Å². The van der Waals surface area contributed by atoms with Gasteiger partial charge < -0.3 is 20.3 Å². The Kier molecular flexibility index (Phi) is 5.48. The normalized spacial score (nSPS) is 12.6. The average molecular weight is 292 g/mol. The Balaban J connectivity index is 2.77. The summed E-state index contributed by atoms with van der Waals surface area (Å²) in [6.07, 6.45) is 1.14. The van der Waals surface area contributed by atoms with Crippen molar-refractivity contribution in [2.75, 3.05) is 5.32 Å². The van der Waals surface area contributed by atoms with Crippen molar-refractivity contribution >= 4 is 17.7 Å². The SMILES string of the molecule is Cc1cc(N/C=C(/C#N)C(=O)NC(C(=O)O)C(C)C)no1. The predicted molar refractivity (Wildman–Crippen MR) is 73.0 cm³/mol. The van der Waals surface area contributed by atoms with Crippen LogP contribution in [0.1, 0.15) is 19.6 Å². The van der Waals surface area contributed by atoms with Gasteiger partial charge in [-0.3, -0.25) is 4.79 Å². The number of aromatic nitrogens is 1. The number of anilines is 1. The Morgan fingerprint density at radius 1 is 1.52 bits per heavy atom. The summed E-state index contributed by atoms with van der Waals surface area (Å²) in [5.41, 5.74) is -0.262. The third-order valence-electron chi connectivity index (χ3n) is 2.58. The Morgan fingerprint density at radius 2 is 2.19 bits per heavy atom. The molecule has 1 atom stereocenters. The molecule has 0 saturated carbocycles. The lowest BCUT2D eigenvalue weighted by atomic mass is 10.0. The zero-order valence-corrected chi connectivity index (χ0v) is 11.9. The number of hydrogen-bond acceptors (Lipinski definition) is 6. The second-order valence-electron chi connectivity index (χ2n) is 4.67. The molecule has 0 aliphatic heterocycles. The van der Waals surface area contributed by atoms with E-state index in [-0.39, 0.29) is 11.5 Å². The van der Waals surface area contributed by atoms with E-state index < -0.39 is 17.9 Å². The van der Waals surface area contributed by atoms with Gasteiger partial charge in [-0.2, -0.15) is 5.26 Å². The highest BCUT2D eigenvalue weighted by molar-refractivity contribution is 5.99. The molecule has 1 heterocycles. The summed E-state index contributed by atoms with van der Waals surface area (Å²) in [7, 11) is 0. The third-order valence-corrected chi connectivity index (χ3v) is 2.58. The maximum absolute atomic E-state index is 11.9. The molecule has 0 aliphatic carbocycles. The summed E-state index contributed by atoms with van der Waals surface area (Å²) in [5.74, 6) is -1.33. The van der Waals surface area contributed by atoms with Crippen LogP contribution in [0.2, 0.25) is 0 Å². The van der Waals surface area contributed by atoms with Gasteiger partial charge in [0.2, 0.25) is 0 Å². The molecule has 0 fully saturated rings. The summed E-state index contributed by atoms with van der Waals surface area (Å²) in [6.45, 7) is 5.01. The van der Waals surface area contributed by atoms with Crippen LogP contribution in [-0.4, -0.2) is 28.2 Å². The maximum Gasteiger partial charge on any atom is 0.326 e. The highest BCUT2D eigenvalue weighted by Crippen LogP contribution is 2.08. The van der Waals surface area contributed by atoms with Crippen molar-refractivity contribution in [1.82, 2.24) is 10.5 Å². The van der Waals surface area contributed by atoms with Crippen molar-refractivity contribution in [3.05, 3.63) is 23.6 Å². The maximum atomic E-state index is 11.9. The molecule has 0 radical (unpaired) electrons. The second kappa shape index (κ2) is 7.09. The first-order valence-electron chi connectivity index (χ1n) is 6.19. The number of aliphatic carboxylic acids is 1. The van der Waals surface area contributed by atoms with E-state index in [4.69, 9.17) is 14.9 Å². The number of hydrogen-bond donors (Lipinski definition) is 3. The third kappa shape index (κ3) is 4.65. The molecule has 1 unspecified atom stereocenters. The molecule has 3 N–H and O–H groups in total. The Bertz CT molecular complexity index is 598. The Hall–Kier alpha value is -2.82. The van der Waals surface area contributed by atoms with Crippen LogP contribution in [0, 0.1) is 24.2 Å². The van der Waals surface area contributed by atoms with Gasteiger partial charge in [-0.15, -0.1) is 0 Å². The van der Waals surface area contributed by atoms with Gasteiger partial charge in [0.25, 0.3) is 5.91 Å². The van der Waals surface area contributed by atoms with Gasteiger partial charge in [0.05, 0.1) is 0 Å². The molecule has 0 aliphatic rings. The van der Waals surface area contributed by atoms with Crippen LogP contribution in [0.4, 0.5) is 5.82 Å². The van der Waals surface area contributed by atoms with Gasteiger partial charge in [-0.05, 0) is 12.8 Å². The van der Waals surface area contributed by atoms with E-state index in [1.807, 2.05) is 0 Å². The predicted octanol–water partition coefficient (Wildman–Crippen LogP) is 1.03.